The minimum atomic E-state index is -2.65. The Morgan fingerprint density at radius 1 is 1.25 bits per heavy atom. The van der Waals surface area contributed by atoms with Gasteiger partial charge in [-0.2, -0.15) is 5.10 Å². The number of allylic oxidation sites excluding steroid dienone is 1. The number of carbonyl (C=O) groups is 1. The molecule has 7 nitrogen and oxygen atoms in total. The molecule has 2 fully saturated rings. The molecule has 1 aromatic rings. The molecule has 2 aliphatic carbocycles. The van der Waals surface area contributed by atoms with Gasteiger partial charge in [-0.1, -0.05) is 49.9 Å². The van der Waals surface area contributed by atoms with E-state index in [4.69, 9.17) is 9.47 Å². The van der Waals surface area contributed by atoms with Crippen LogP contribution in [0.1, 0.15) is 79.8 Å². The van der Waals surface area contributed by atoms with Crippen LogP contribution in [-0.4, -0.2) is 56.2 Å². The molecule has 1 aliphatic heterocycles. The van der Waals surface area contributed by atoms with Crippen LogP contribution in [0.15, 0.2) is 41.3 Å². The van der Waals surface area contributed by atoms with Gasteiger partial charge in [-0.15, -0.1) is 11.8 Å². The van der Waals surface area contributed by atoms with E-state index in [1.54, 1.807) is 25.3 Å². The number of nitrogens with zero attached hydrogens (tertiary/aromatic N) is 1. The molecule has 236 valence electrons. The minimum Gasteiger partial charge on any atom is -0.495 e. The van der Waals surface area contributed by atoms with Gasteiger partial charge in [0.05, 0.1) is 13.0 Å². The topological polar surface area (TPSA) is 84.0 Å². The highest BCUT2D eigenvalue weighted by molar-refractivity contribution is 8.00. The number of dihydropyridines is 1. The van der Waals surface area contributed by atoms with Crippen LogP contribution in [0.5, 0.6) is 0 Å². The molecule has 3 aliphatic rings. The van der Waals surface area contributed by atoms with Gasteiger partial charge in [-0.3, -0.25) is 10.2 Å². The van der Waals surface area contributed by atoms with Crippen molar-refractivity contribution in [2.24, 2.45) is 16.9 Å². The van der Waals surface area contributed by atoms with Crippen LogP contribution < -0.4 is 16.1 Å². The van der Waals surface area contributed by atoms with E-state index in [-0.39, 0.29) is 17.2 Å². The lowest BCUT2D eigenvalue weighted by Crippen LogP contribution is -2.33. The minimum absolute atomic E-state index is 0.244. The normalized spacial score (nSPS) is 19.5. The molecule has 2 saturated carbocycles. The summed E-state index contributed by atoms with van der Waals surface area (Å²) in [5.74, 6) is 14.4. The van der Waals surface area contributed by atoms with Gasteiger partial charge in [0.2, 0.25) is 0 Å². The Morgan fingerprint density at radius 3 is 2.68 bits per heavy atom. The van der Waals surface area contributed by atoms with Crippen molar-refractivity contribution in [2.45, 2.75) is 81.7 Å². The summed E-state index contributed by atoms with van der Waals surface area (Å²) in [6, 6.07) is 3.99. The number of thioether (sulfide) groups is 1. The molecule has 0 spiro atoms. The molecule has 0 aromatic heterocycles. The number of nitrogens with one attached hydrogen (secondary N) is 3. The zero-order valence-electron chi connectivity index (χ0n) is 25.7. The first kappa shape index (κ1) is 33.4. The van der Waals surface area contributed by atoms with E-state index in [1.807, 2.05) is 0 Å². The van der Waals surface area contributed by atoms with Gasteiger partial charge in [0.15, 0.2) is 5.37 Å². The van der Waals surface area contributed by atoms with Crippen molar-refractivity contribution in [3.05, 3.63) is 52.9 Å². The number of methoxy groups -OCH3 is 2. The Balaban J connectivity index is 1.63. The summed E-state index contributed by atoms with van der Waals surface area (Å²) >= 11 is 1.38. The molecule has 0 bridgehead atoms. The third kappa shape index (κ3) is 9.51. The molecular weight excluding hydrogens is 582 g/mol. The van der Waals surface area contributed by atoms with Crippen LogP contribution in [0.4, 0.5) is 8.78 Å². The molecule has 0 radical (unpaired) electrons. The van der Waals surface area contributed by atoms with Crippen LogP contribution in [-0.2, 0) is 9.47 Å². The van der Waals surface area contributed by atoms with Gasteiger partial charge in [-0.25, -0.2) is 8.78 Å². The molecular formula is C34H42F2N4O3S. The number of alkyl halides is 2. The average Bonchev–Trinajstić information content (AvgIpc) is 3.97. The summed E-state index contributed by atoms with van der Waals surface area (Å²) in [5, 5.41) is 9.00. The monoisotopic (exact) mass is 624 g/mol. The SMILES string of the molecule is C=NNC(C#CC1CC1)SCNC(=O)c1ccc(C#CC(CCC)(CCC2CC2)OC)cc1C1=CC(C(F)F)NC=C1OC. The van der Waals surface area contributed by atoms with E-state index < -0.39 is 18.1 Å². The zero-order valence-corrected chi connectivity index (χ0v) is 26.5. The standard InChI is InChI=1S/C34H42F2N4O3S/c1-5-16-34(43-4,17-14-24-8-9-24)18-15-25-10-12-26(27(19-25)28-20-29(32(35)36)38-21-30(28)42-3)33(41)39-22-44-31(40-37-2)13-11-23-6-7-23/h10,12,19-21,23-24,29,31-32,38,40H,2,5-9,14,16-17,22H2,1,3-4H3,(H,39,41). The molecule has 3 atom stereocenters. The predicted molar refractivity (Wildman–Crippen MR) is 173 cm³/mol. The van der Waals surface area contributed by atoms with Crippen LogP contribution in [0, 0.1) is 35.5 Å². The number of ether oxygens (including phenoxy) is 2. The average molecular weight is 625 g/mol. The molecule has 3 unspecified atom stereocenters. The quantitative estimate of drug-likeness (QED) is 0.0978. The fraction of sp³-hybridized carbons (Fsp3) is 0.529. The highest BCUT2D eigenvalue weighted by Gasteiger charge is 2.31. The van der Waals surface area contributed by atoms with E-state index in [1.165, 1.54) is 44.0 Å². The largest absolute Gasteiger partial charge is 0.495 e. The molecule has 4 rings (SSSR count). The van der Waals surface area contributed by atoms with Crippen molar-refractivity contribution >= 4 is 30.0 Å². The fourth-order valence-corrected chi connectivity index (χ4v) is 5.66. The lowest BCUT2D eigenvalue weighted by molar-refractivity contribution is 0.0230. The van der Waals surface area contributed by atoms with Gasteiger partial charge in [0.1, 0.15) is 17.4 Å². The van der Waals surface area contributed by atoms with Gasteiger partial charge in [0.25, 0.3) is 12.3 Å². The van der Waals surface area contributed by atoms with Crippen molar-refractivity contribution in [3.8, 4) is 23.7 Å². The van der Waals surface area contributed by atoms with Crippen LogP contribution in [0.2, 0.25) is 0 Å². The van der Waals surface area contributed by atoms with Crippen LogP contribution in [0.25, 0.3) is 5.57 Å². The maximum atomic E-state index is 13.8. The Hall–Kier alpha value is -3.47. The number of hydrazone groups is 1. The first-order valence-electron chi connectivity index (χ1n) is 15.2. The number of halogens is 2. The van der Waals surface area contributed by atoms with Gasteiger partial charge < -0.3 is 20.1 Å². The Labute approximate surface area is 264 Å². The zero-order chi connectivity index (χ0) is 31.5. The first-order chi connectivity index (χ1) is 21.3. The Kier molecular flexibility index (Phi) is 12.2. The van der Waals surface area contributed by atoms with Gasteiger partial charge in [0, 0.05) is 42.6 Å². The predicted octanol–water partition coefficient (Wildman–Crippen LogP) is 5.89. The number of benzene rings is 1. The maximum absolute atomic E-state index is 13.8. The van der Waals surface area contributed by atoms with Crippen molar-refractivity contribution in [2.75, 3.05) is 20.1 Å². The smallest absolute Gasteiger partial charge is 0.261 e. The second-order valence-corrected chi connectivity index (χ2v) is 12.4. The maximum Gasteiger partial charge on any atom is 0.261 e. The van der Waals surface area contributed by atoms with E-state index in [2.05, 4.69) is 58.5 Å². The van der Waals surface area contributed by atoms with E-state index in [0.29, 0.717) is 33.9 Å². The van der Waals surface area contributed by atoms with Gasteiger partial charge in [-0.05, 0) is 67.9 Å². The second-order valence-electron chi connectivity index (χ2n) is 11.3. The Morgan fingerprint density at radius 2 is 2.05 bits per heavy atom. The van der Waals surface area contributed by atoms with Crippen molar-refractivity contribution < 1.29 is 23.0 Å². The number of hydrogen-bond acceptors (Lipinski definition) is 7. The third-order valence-corrected chi connectivity index (χ3v) is 8.75. The summed E-state index contributed by atoms with van der Waals surface area (Å²) in [7, 11) is 3.17. The fourth-order valence-electron chi connectivity index (χ4n) is 4.98. The summed E-state index contributed by atoms with van der Waals surface area (Å²) in [4.78, 5) is 13.5. The van der Waals surface area contributed by atoms with Crippen LogP contribution >= 0.6 is 11.8 Å². The Bertz CT molecular complexity index is 1370. The lowest BCUT2D eigenvalue weighted by atomic mass is 9.90. The number of carbonyl (C=O) groups excluding carboxylic acids is 1. The lowest BCUT2D eigenvalue weighted by Gasteiger charge is -2.27. The summed E-state index contributed by atoms with van der Waals surface area (Å²) in [6.07, 6.45) is 8.56. The molecule has 1 amide bonds. The number of amides is 1. The molecule has 10 heteroatoms. The molecule has 1 heterocycles. The molecule has 0 saturated heterocycles. The van der Waals surface area contributed by atoms with Crippen molar-refractivity contribution in [1.82, 2.24) is 16.1 Å². The molecule has 44 heavy (non-hydrogen) atoms. The summed E-state index contributed by atoms with van der Waals surface area (Å²) in [6.45, 7) is 5.59. The number of hydrogen-bond donors (Lipinski definition) is 3. The summed E-state index contributed by atoms with van der Waals surface area (Å²) < 4.78 is 39.1. The van der Waals surface area contributed by atoms with Crippen molar-refractivity contribution in [3.63, 3.8) is 0 Å². The van der Waals surface area contributed by atoms with E-state index in [9.17, 15) is 13.6 Å². The molecule has 1 aromatic carbocycles. The third-order valence-electron chi connectivity index (χ3n) is 7.88. The van der Waals surface area contributed by atoms with Gasteiger partial charge >= 0.3 is 0 Å². The highest BCUT2D eigenvalue weighted by atomic mass is 32.2. The number of rotatable bonds is 15. The highest BCUT2D eigenvalue weighted by Crippen LogP contribution is 2.37. The van der Waals surface area contributed by atoms with E-state index in [0.717, 1.165) is 44.4 Å². The van der Waals surface area contributed by atoms with Crippen LogP contribution in [0.3, 0.4) is 0 Å². The first-order valence-corrected chi connectivity index (χ1v) is 16.2. The summed E-state index contributed by atoms with van der Waals surface area (Å²) in [5.41, 5.74) is 4.09. The van der Waals surface area contributed by atoms with Crippen molar-refractivity contribution in [1.29, 1.82) is 0 Å². The second kappa shape index (κ2) is 16.0. The molecule has 3 N–H and O–H groups in total. The van der Waals surface area contributed by atoms with E-state index >= 15 is 0 Å².